The fourth-order valence-corrected chi connectivity index (χ4v) is 1.81. The zero-order chi connectivity index (χ0) is 20.3. The lowest BCUT2D eigenvalue weighted by Gasteiger charge is -2.19. The first kappa shape index (κ1) is 24.0. The van der Waals surface area contributed by atoms with Crippen LogP contribution in [-0.4, -0.2) is 37.0 Å². The molecule has 0 aliphatic heterocycles. The molecule has 0 rings (SSSR count). The van der Waals surface area contributed by atoms with E-state index < -0.39 is 49.8 Å². The molecule has 0 aromatic carbocycles. The Labute approximate surface area is 150 Å². The van der Waals surface area contributed by atoms with E-state index in [0.717, 1.165) is 12.8 Å². The van der Waals surface area contributed by atoms with E-state index in [0.29, 0.717) is 5.57 Å². The lowest BCUT2D eigenvalue weighted by Crippen LogP contribution is -2.33. The Kier molecular flexibility index (Phi) is 10.6. The maximum atomic E-state index is 12.6. The topological polar surface area (TPSA) is 52.6 Å². The number of carbonyl (C=O) groups excluding carboxylic acids is 2. The first-order valence-corrected chi connectivity index (χ1v) is 8.17. The Balaban J connectivity index is 4.53. The Morgan fingerprint density at radius 3 is 2.27 bits per heavy atom. The Hall–Kier alpha value is -2.04. The molecule has 0 saturated heterocycles. The van der Waals surface area contributed by atoms with Gasteiger partial charge in [-0.05, 0) is 18.9 Å². The number of rotatable bonds is 10. The van der Waals surface area contributed by atoms with Gasteiger partial charge in [0.2, 0.25) is 0 Å². The van der Waals surface area contributed by atoms with E-state index in [1.54, 1.807) is 6.92 Å². The van der Waals surface area contributed by atoms with Crippen LogP contribution in [0.1, 0.15) is 46.5 Å². The Bertz CT molecular complexity index is 549. The Morgan fingerprint density at radius 2 is 1.77 bits per heavy atom. The molecule has 0 aliphatic carbocycles. The first-order valence-electron chi connectivity index (χ1n) is 8.17. The summed E-state index contributed by atoms with van der Waals surface area (Å²) in [6.45, 7) is 7.41. The molecule has 0 heterocycles. The van der Waals surface area contributed by atoms with Crippen molar-refractivity contribution in [2.75, 3.05) is 6.61 Å². The lowest BCUT2D eigenvalue weighted by molar-refractivity contribution is -0.180. The number of halogens is 4. The van der Waals surface area contributed by atoms with Crippen LogP contribution in [-0.2, 0) is 19.1 Å². The summed E-state index contributed by atoms with van der Waals surface area (Å²) in [6.07, 6.45) is -4.00. The summed E-state index contributed by atoms with van der Waals surface area (Å²) in [5.41, 5.74) is 0.596. The number of carbonyl (C=O) groups is 2. The molecule has 0 aromatic rings. The van der Waals surface area contributed by atoms with Crippen LogP contribution in [0.2, 0.25) is 0 Å². The van der Waals surface area contributed by atoms with Gasteiger partial charge in [0.25, 0.3) is 0 Å². The van der Waals surface area contributed by atoms with E-state index in [-0.39, 0.29) is 5.92 Å². The highest BCUT2D eigenvalue weighted by molar-refractivity contribution is 5.77. The summed E-state index contributed by atoms with van der Waals surface area (Å²) in [4.78, 5) is 23.1. The first-order chi connectivity index (χ1) is 12.0. The number of alkyl halides is 4. The number of hydrogen-bond acceptors (Lipinski definition) is 4. The standard InChI is InChI=1S/C18H24F4O4/c1-5-6-13(4)14(8-7-12(2)3)26-16(24)10-9-15(23)25-11-18(21,22)17(19)20/h13-14,17H,2,5-6,9-11H2,1,3-4H3. The molecule has 2 atom stereocenters. The summed E-state index contributed by atoms with van der Waals surface area (Å²) >= 11 is 0. The molecule has 0 N–H and O–H groups in total. The van der Waals surface area contributed by atoms with E-state index in [9.17, 15) is 27.2 Å². The summed E-state index contributed by atoms with van der Waals surface area (Å²) in [7, 11) is 0. The van der Waals surface area contributed by atoms with Gasteiger partial charge in [0, 0.05) is 5.92 Å². The predicted molar refractivity (Wildman–Crippen MR) is 87.7 cm³/mol. The summed E-state index contributed by atoms with van der Waals surface area (Å²) in [5.74, 6) is -0.891. The van der Waals surface area contributed by atoms with Crippen LogP contribution in [0.15, 0.2) is 12.2 Å². The van der Waals surface area contributed by atoms with Crippen LogP contribution >= 0.6 is 0 Å². The molecule has 0 bridgehead atoms. The zero-order valence-corrected chi connectivity index (χ0v) is 15.1. The number of ether oxygens (including phenoxy) is 2. The molecule has 0 radical (unpaired) electrons. The van der Waals surface area contributed by atoms with Crippen molar-refractivity contribution in [1.82, 2.24) is 0 Å². The van der Waals surface area contributed by atoms with Gasteiger partial charge in [-0.3, -0.25) is 9.59 Å². The van der Waals surface area contributed by atoms with Crippen LogP contribution in [0.3, 0.4) is 0 Å². The van der Waals surface area contributed by atoms with Crippen molar-refractivity contribution < 1.29 is 36.6 Å². The molecule has 0 aliphatic rings. The van der Waals surface area contributed by atoms with Gasteiger partial charge in [0.05, 0.1) is 12.8 Å². The van der Waals surface area contributed by atoms with Crippen LogP contribution in [0.5, 0.6) is 0 Å². The van der Waals surface area contributed by atoms with Crippen molar-refractivity contribution in [3.05, 3.63) is 12.2 Å². The minimum atomic E-state index is -4.42. The van der Waals surface area contributed by atoms with E-state index >= 15 is 0 Å². The molecule has 148 valence electrons. The minimum absolute atomic E-state index is 0.0486. The van der Waals surface area contributed by atoms with E-state index in [2.05, 4.69) is 23.2 Å². The highest BCUT2D eigenvalue weighted by Gasteiger charge is 2.42. The number of hydrogen-bond donors (Lipinski definition) is 0. The van der Waals surface area contributed by atoms with Crippen molar-refractivity contribution in [3.8, 4) is 11.8 Å². The second-order valence-electron chi connectivity index (χ2n) is 5.95. The van der Waals surface area contributed by atoms with Gasteiger partial charge in [-0.25, -0.2) is 8.78 Å². The fourth-order valence-electron chi connectivity index (χ4n) is 1.81. The van der Waals surface area contributed by atoms with Crippen molar-refractivity contribution >= 4 is 11.9 Å². The highest BCUT2D eigenvalue weighted by atomic mass is 19.3. The molecular formula is C18H24F4O4. The summed E-state index contributed by atoms with van der Waals surface area (Å²) in [6, 6.07) is 0. The third-order valence-electron chi connectivity index (χ3n) is 3.23. The van der Waals surface area contributed by atoms with E-state index in [1.807, 2.05) is 13.8 Å². The average molecular weight is 380 g/mol. The molecular weight excluding hydrogens is 356 g/mol. The van der Waals surface area contributed by atoms with Crippen LogP contribution in [0.4, 0.5) is 17.6 Å². The quantitative estimate of drug-likeness (QED) is 0.325. The normalized spacial score (nSPS) is 13.4. The molecule has 4 nitrogen and oxygen atoms in total. The van der Waals surface area contributed by atoms with Crippen LogP contribution < -0.4 is 0 Å². The molecule has 0 aromatic heterocycles. The second-order valence-corrected chi connectivity index (χ2v) is 5.95. The molecule has 26 heavy (non-hydrogen) atoms. The zero-order valence-electron chi connectivity index (χ0n) is 15.1. The van der Waals surface area contributed by atoms with E-state index in [4.69, 9.17) is 4.74 Å². The van der Waals surface area contributed by atoms with Crippen molar-refractivity contribution in [2.45, 2.75) is 64.9 Å². The molecule has 8 heteroatoms. The van der Waals surface area contributed by atoms with Crippen molar-refractivity contribution in [3.63, 3.8) is 0 Å². The van der Waals surface area contributed by atoms with Gasteiger partial charge in [-0.1, -0.05) is 38.7 Å². The molecule has 0 saturated carbocycles. The van der Waals surface area contributed by atoms with E-state index in [1.165, 1.54) is 0 Å². The molecule has 0 spiro atoms. The van der Waals surface area contributed by atoms with Gasteiger partial charge < -0.3 is 9.47 Å². The predicted octanol–water partition coefficient (Wildman–Crippen LogP) is 4.14. The monoisotopic (exact) mass is 380 g/mol. The maximum absolute atomic E-state index is 12.6. The highest BCUT2D eigenvalue weighted by Crippen LogP contribution is 2.23. The van der Waals surface area contributed by atoms with Crippen molar-refractivity contribution in [2.24, 2.45) is 5.92 Å². The largest absolute Gasteiger partial charge is 0.459 e. The third-order valence-corrected chi connectivity index (χ3v) is 3.23. The van der Waals surface area contributed by atoms with Crippen LogP contribution in [0.25, 0.3) is 0 Å². The smallest absolute Gasteiger partial charge is 0.340 e. The van der Waals surface area contributed by atoms with Gasteiger partial charge in [-0.15, -0.1) is 0 Å². The second kappa shape index (κ2) is 11.6. The average Bonchev–Trinajstić information content (AvgIpc) is 2.54. The van der Waals surface area contributed by atoms with Gasteiger partial charge in [0.15, 0.2) is 12.7 Å². The third kappa shape index (κ3) is 10.1. The fraction of sp³-hybridized carbons (Fsp3) is 0.667. The van der Waals surface area contributed by atoms with Crippen LogP contribution in [0, 0.1) is 17.8 Å². The van der Waals surface area contributed by atoms with Crippen molar-refractivity contribution in [1.29, 1.82) is 0 Å². The lowest BCUT2D eigenvalue weighted by atomic mass is 9.99. The van der Waals surface area contributed by atoms with Gasteiger partial charge in [-0.2, -0.15) is 8.78 Å². The summed E-state index contributed by atoms with van der Waals surface area (Å²) < 4.78 is 58.5. The maximum Gasteiger partial charge on any atom is 0.340 e. The molecule has 0 fully saturated rings. The minimum Gasteiger partial charge on any atom is -0.459 e. The number of allylic oxidation sites excluding steroid dienone is 1. The van der Waals surface area contributed by atoms with Gasteiger partial charge in [0.1, 0.15) is 0 Å². The molecule has 0 amide bonds. The molecule has 2 unspecified atom stereocenters. The van der Waals surface area contributed by atoms with Gasteiger partial charge >= 0.3 is 24.3 Å². The number of esters is 2. The Morgan fingerprint density at radius 1 is 1.19 bits per heavy atom. The summed E-state index contributed by atoms with van der Waals surface area (Å²) in [5, 5.41) is 0. The SMILES string of the molecule is C=C(C)C#CC(OC(=O)CCC(=O)OCC(F)(F)C(F)F)C(C)CCC.